The fraction of sp³-hybridized carbons (Fsp3) is 0.222. The monoisotopic (exact) mass is 309 g/mol. The quantitative estimate of drug-likeness (QED) is 0.770. The summed E-state index contributed by atoms with van der Waals surface area (Å²) in [5, 5.41) is 5.58. The van der Waals surface area contributed by atoms with Crippen molar-refractivity contribution in [3.05, 3.63) is 59.9 Å². The molecule has 2 rings (SSSR count). The molecule has 5 nitrogen and oxygen atoms in total. The van der Waals surface area contributed by atoms with Gasteiger partial charge in [-0.1, -0.05) is 24.1 Å². The Kier molecular flexibility index (Phi) is 6.48. The Hall–Kier alpha value is -3.00. The van der Waals surface area contributed by atoms with Crippen LogP contribution in [0.3, 0.4) is 0 Å². The minimum atomic E-state index is -0.204. The maximum Gasteiger partial charge on any atom is 0.315 e. The summed E-state index contributed by atoms with van der Waals surface area (Å²) in [6.45, 7) is 1.23. The molecule has 0 radical (unpaired) electrons. The van der Waals surface area contributed by atoms with E-state index >= 15 is 0 Å². The van der Waals surface area contributed by atoms with E-state index in [4.69, 9.17) is 11.2 Å². The van der Waals surface area contributed by atoms with Crippen molar-refractivity contribution in [2.75, 3.05) is 13.2 Å². The number of pyridine rings is 1. The maximum atomic E-state index is 11.7. The van der Waals surface area contributed by atoms with Crippen LogP contribution in [0.2, 0.25) is 0 Å². The Morgan fingerprint density at radius 3 is 2.70 bits per heavy atom. The Labute approximate surface area is 136 Å². The van der Waals surface area contributed by atoms with Gasteiger partial charge in [0.15, 0.2) is 0 Å². The van der Waals surface area contributed by atoms with E-state index in [9.17, 15) is 4.79 Å². The van der Waals surface area contributed by atoms with Gasteiger partial charge in [0.1, 0.15) is 12.4 Å². The summed E-state index contributed by atoms with van der Waals surface area (Å²) in [6, 6.07) is 13.0. The van der Waals surface area contributed by atoms with Crippen molar-refractivity contribution >= 4 is 6.03 Å². The van der Waals surface area contributed by atoms with E-state index in [1.807, 2.05) is 42.5 Å². The number of benzene rings is 1. The van der Waals surface area contributed by atoms with E-state index in [-0.39, 0.29) is 12.6 Å². The summed E-state index contributed by atoms with van der Waals surface area (Å²) >= 11 is 0. The molecule has 2 amide bonds. The topological polar surface area (TPSA) is 63.2 Å². The van der Waals surface area contributed by atoms with Crippen LogP contribution >= 0.6 is 0 Å². The van der Waals surface area contributed by atoms with Gasteiger partial charge in [0.05, 0.1) is 12.2 Å². The first-order chi connectivity index (χ1) is 11.3. The van der Waals surface area contributed by atoms with Crippen LogP contribution in [-0.4, -0.2) is 24.2 Å². The molecule has 23 heavy (non-hydrogen) atoms. The van der Waals surface area contributed by atoms with E-state index in [0.29, 0.717) is 13.1 Å². The third-order valence-corrected chi connectivity index (χ3v) is 3.10. The molecule has 5 heteroatoms. The molecular formula is C18H19N3O2. The number of carbonyl (C=O) groups is 1. The van der Waals surface area contributed by atoms with Crippen LogP contribution in [0.25, 0.3) is 0 Å². The summed E-state index contributed by atoms with van der Waals surface area (Å²) in [4.78, 5) is 15.8. The molecule has 0 saturated carbocycles. The third-order valence-electron chi connectivity index (χ3n) is 3.10. The molecule has 118 valence electrons. The summed E-state index contributed by atoms with van der Waals surface area (Å²) < 4.78 is 5.31. The van der Waals surface area contributed by atoms with Crippen LogP contribution in [0.5, 0.6) is 5.75 Å². The number of terminal acetylenes is 1. The van der Waals surface area contributed by atoms with E-state index in [2.05, 4.69) is 21.5 Å². The van der Waals surface area contributed by atoms with Crippen molar-refractivity contribution in [3.8, 4) is 18.1 Å². The summed E-state index contributed by atoms with van der Waals surface area (Å²) in [5.74, 6) is 3.16. The van der Waals surface area contributed by atoms with Crippen molar-refractivity contribution in [3.63, 3.8) is 0 Å². The molecular weight excluding hydrogens is 290 g/mol. The average molecular weight is 309 g/mol. The molecule has 0 aliphatic carbocycles. The molecule has 0 bridgehead atoms. The molecule has 1 heterocycles. The van der Waals surface area contributed by atoms with E-state index in [1.54, 1.807) is 6.20 Å². The number of amides is 2. The van der Waals surface area contributed by atoms with Crippen molar-refractivity contribution in [1.82, 2.24) is 15.6 Å². The highest BCUT2D eigenvalue weighted by atomic mass is 16.5. The predicted molar refractivity (Wildman–Crippen MR) is 88.9 cm³/mol. The van der Waals surface area contributed by atoms with Gasteiger partial charge in [0.25, 0.3) is 0 Å². The standard InChI is InChI=1S/C18H19N3O2/c1-2-13-23-17-8-6-15(7-9-17)10-12-20-18(22)21-14-16-5-3-4-11-19-16/h1,3-9,11H,10,12-14H2,(H2,20,21,22). The Morgan fingerprint density at radius 1 is 1.17 bits per heavy atom. The zero-order valence-corrected chi connectivity index (χ0v) is 12.8. The Bertz CT molecular complexity index is 648. The number of carbonyl (C=O) groups excluding carboxylic acids is 1. The second-order valence-corrected chi connectivity index (χ2v) is 4.82. The van der Waals surface area contributed by atoms with Crippen molar-refractivity contribution in [2.45, 2.75) is 13.0 Å². The van der Waals surface area contributed by atoms with E-state index in [1.165, 1.54) is 0 Å². The van der Waals surface area contributed by atoms with Crippen LogP contribution in [0.4, 0.5) is 4.79 Å². The first kappa shape index (κ1) is 16.4. The number of hydrogen-bond acceptors (Lipinski definition) is 3. The highest BCUT2D eigenvalue weighted by Crippen LogP contribution is 2.12. The molecule has 0 spiro atoms. The second-order valence-electron chi connectivity index (χ2n) is 4.82. The SMILES string of the molecule is C#CCOc1ccc(CCNC(=O)NCc2ccccn2)cc1. The van der Waals surface area contributed by atoms with Crippen LogP contribution in [0.1, 0.15) is 11.3 Å². The van der Waals surface area contributed by atoms with Crippen molar-refractivity contribution in [2.24, 2.45) is 0 Å². The first-order valence-electron chi connectivity index (χ1n) is 7.35. The van der Waals surface area contributed by atoms with Crippen molar-refractivity contribution < 1.29 is 9.53 Å². The lowest BCUT2D eigenvalue weighted by Crippen LogP contribution is -2.36. The number of aromatic nitrogens is 1. The van der Waals surface area contributed by atoms with Gasteiger partial charge in [-0.3, -0.25) is 4.98 Å². The maximum absolute atomic E-state index is 11.7. The number of rotatable bonds is 7. The Morgan fingerprint density at radius 2 is 2.00 bits per heavy atom. The zero-order chi connectivity index (χ0) is 16.3. The number of urea groups is 1. The number of hydrogen-bond donors (Lipinski definition) is 2. The normalized spacial score (nSPS) is 9.70. The summed E-state index contributed by atoms with van der Waals surface area (Å²) in [5.41, 5.74) is 1.94. The number of nitrogens with one attached hydrogen (secondary N) is 2. The molecule has 0 unspecified atom stereocenters. The van der Waals surface area contributed by atoms with Gasteiger partial charge in [0, 0.05) is 12.7 Å². The summed E-state index contributed by atoms with van der Waals surface area (Å²) in [7, 11) is 0. The minimum absolute atomic E-state index is 0.204. The second kappa shape index (κ2) is 9.11. The highest BCUT2D eigenvalue weighted by molar-refractivity contribution is 5.73. The van der Waals surface area contributed by atoms with Crippen LogP contribution in [-0.2, 0) is 13.0 Å². The van der Waals surface area contributed by atoms with E-state index < -0.39 is 0 Å². The molecule has 0 atom stereocenters. The molecule has 0 saturated heterocycles. The lowest BCUT2D eigenvalue weighted by molar-refractivity contribution is 0.240. The lowest BCUT2D eigenvalue weighted by Gasteiger charge is -2.08. The molecule has 1 aromatic heterocycles. The number of nitrogens with zero attached hydrogens (tertiary/aromatic N) is 1. The zero-order valence-electron chi connectivity index (χ0n) is 12.8. The predicted octanol–water partition coefficient (Wildman–Crippen LogP) is 2.14. The molecule has 2 N–H and O–H groups in total. The lowest BCUT2D eigenvalue weighted by atomic mass is 10.1. The molecule has 0 aliphatic rings. The van der Waals surface area contributed by atoms with Crippen LogP contribution in [0, 0.1) is 12.3 Å². The third kappa shape index (κ3) is 6.10. The highest BCUT2D eigenvalue weighted by Gasteiger charge is 2.01. The Balaban J connectivity index is 1.66. The van der Waals surface area contributed by atoms with Gasteiger partial charge in [-0.25, -0.2) is 4.79 Å². The smallest absolute Gasteiger partial charge is 0.315 e. The fourth-order valence-corrected chi connectivity index (χ4v) is 1.93. The molecule has 0 aliphatic heterocycles. The van der Waals surface area contributed by atoms with Gasteiger partial charge in [-0.05, 0) is 36.2 Å². The van der Waals surface area contributed by atoms with Gasteiger partial charge in [0.2, 0.25) is 0 Å². The van der Waals surface area contributed by atoms with Gasteiger partial charge in [-0.2, -0.15) is 0 Å². The first-order valence-corrected chi connectivity index (χ1v) is 7.35. The largest absolute Gasteiger partial charge is 0.481 e. The minimum Gasteiger partial charge on any atom is -0.481 e. The van der Waals surface area contributed by atoms with E-state index in [0.717, 1.165) is 23.4 Å². The average Bonchev–Trinajstić information content (AvgIpc) is 2.60. The van der Waals surface area contributed by atoms with Gasteiger partial charge < -0.3 is 15.4 Å². The molecule has 1 aromatic carbocycles. The summed E-state index contributed by atoms with van der Waals surface area (Å²) in [6.07, 6.45) is 7.58. The van der Waals surface area contributed by atoms with Crippen LogP contribution < -0.4 is 15.4 Å². The fourth-order valence-electron chi connectivity index (χ4n) is 1.93. The number of ether oxygens (including phenoxy) is 1. The molecule has 2 aromatic rings. The van der Waals surface area contributed by atoms with Crippen LogP contribution in [0.15, 0.2) is 48.7 Å². The molecule has 0 fully saturated rings. The van der Waals surface area contributed by atoms with Crippen molar-refractivity contribution in [1.29, 1.82) is 0 Å². The van der Waals surface area contributed by atoms with Gasteiger partial charge in [-0.15, -0.1) is 6.42 Å². The van der Waals surface area contributed by atoms with Gasteiger partial charge >= 0.3 is 6.03 Å².